The molecule has 1 aromatic rings. The minimum absolute atomic E-state index is 0.354. The van der Waals surface area contributed by atoms with Crippen LogP contribution in [0.25, 0.3) is 0 Å². The first kappa shape index (κ1) is 16.5. The molecule has 0 spiro atoms. The second kappa shape index (κ2) is 7.40. The molecule has 2 amide bonds. The van der Waals surface area contributed by atoms with Crippen LogP contribution in [-0.4, -0.2) is 41.9 Å². The Labute approximate surface area is 136 Å². The van der Waals surface area contributed by atoms with Crippen molar-refractivity contribution in [3.63, 3.8) is 0 Å². The van der Waals surface area contributed by atoms with Crippen LogP contribution >= 0.6 is 15.9 Å². The number of esters is 1. The zero-order valence-corrected chi connectivity index (χ0v) is 13.5. The maximum atomic E-state index is 12.1. The zero-order chi connectivity index (χ0) is 16.1. The fourth-order valence-corrected chi connectivity index (χ4v) is 2.83. The summed E-state index contributed by atoms with van der Waals surface area (Å²) in [6.07, 6.45) is 2.23. The molecule has 0 aromatic heterocycles. The lowest BCUT2D eigenvalue weighted by molar-refractivity contribution is -0.143. The highest BCUT2D eigenvalue weighted by molar-refractivity contribution is 9.10. The van der Waals surface area contributed by atoms with Crippen molar-refractivity contribution in [1.82, 2.24) is 4.90 Å². The lowest BCUT2D eigenvalue weighted by Crippen LogP contribution is -2.51. The van der Waals surface area contributed by atoms with Gasteiger partial charge in [-0.2, -0.15) is 0 Å². The number of hydrogen-bond acceptors (Lipinski definition) is 4. The molecule has 1 fully saturated rings. The number of carbonyl (C=O) groups excluding carboxylic acids is 3. The van der Waals surface area contributed by atoms with Crippen molar-refractivity contribution in [3.8, 4) is 0 Å². The van der Waals surface area contributed by atoms with Gasteiger partial charge in [0, 0.05) is 11.0 Å². The van der Waals surface area contributed by atoms with Crippen LogP contribution in [0, 0.1) is 0 Å². The fourth-order valence-electron chi connectivity index (χ4n) is 2.43. The van der Waals surface area contributed by atoms with Crippen LogP contribution < -0.4 is 5.73 Å². The standard InChI is InChI=1S/C15H17BrN2O4/c16-11-5-3-4-10(8-11)15(21)22-9-13(19)18-7-2-1-6-12(18)14(17)20/h3-5,8,12H,1-2,6-7,9H2,(H2,17,20)/t12-/m1/s1. The van der Waals surface area contributed by atoms with Gasteiger partial charge in [0.05, 0.1) is 5.56 Å². The van der Waals surface area contributed by atoms with Crippen LogP contribution in [0.3, 0.4) is 0 Å². The van der Waals surface area contributed by atoms with E-state index in [-0.39, 0.29) is 0 Å². The average molecular weight is 369 g/mol. The molecular formula is C15H17BrN2O4. The molecule has 0 aliphatic carbocycles. The summed E-state index contributed by atoms with van der Waals surface area (Å²) in [4.78, 5) is 36.8. The first-order valence-electron chi connectivity index (χ1n) is 7.00. The van der Waals surface area contributed by atoms with Gasteiger partial charge in [0.15, 0.2) is 6.61 Å². The molecule has 1 aliphatic rings. The summed E-state index contributed by atoms with van der Waals surface area (Å²) in [5.41, 5.74) is 5.67. The molecule has 118 valence electrons. The third-order valence-electron chi connectivity index (χ3n) is 3.54. The second-order valence-corrected chi connectivity index (χ2v) is 6.00. The molecule has 1 saturated heterocycles. The topological polar surface area (TPSA) is 89.7 Å². The zero-order valence-electron chi connectivity index (χ0n) is 12.0. The molecule has 0 saturated carbocycles. The molecule has 0 unspecified atom stereocenters. The first-order chi connectivity index (χ1) is 10.5. The Kier molecular flexibility index (Phi) is 5.54. The number of nitrogens with zero attached hydrogens (tertiary/aromatic N) is 1. The quantitative estimate of drug-likeness (QED) is 0.814. The van der Waals surface area contributed by atoms with E-state index >= 15 is 0 Å². The number of carbonyl (C=O) groups is 3. The lowest BCUT2D eigenvalue weighted by atomic mass is 10.0. The molecular weight excluding hydrogens is 352 g/mol. The van der Waals surface area contributed by atoms with Crippen LogP contribution in [0.4, 0.5) is 0 Å². The van der Waals surface area contributed by atoms with E-state index in [0.29, 0.717) is 18.5 Å². The van der Waals surface area contributed by atoms with E-state index in [9.17, 15) is 14.4 Å². The van der Waals surface area contributed by atoms with Crippen LogP contribution in [0.15, 0.2) is 28.7 Å². The van der Waals surface area contributed by atoms with Gasteiger partial charge in [-0.3, -0.25) is 9.59 Å². The number of primary amides is 1. The predicted octanol–water partition coefficient (Wildman–Crippen LogP) is 1.47. The molecule has 2 N–H and O–H groups in total. The highest BCUT2D eigenvalue weighted by atomic mass is 79.9. The Morgan fingerprint density at radius 1 is 1.32 bits per heavy atom. The van der Waals surface area contributed by atoms with E-state index in [1.54, 1.807) is 24.3 Å². The van der Waals surface area contributed by atoms with E-state index in [1.807, 2.05) is 0 Å². The number of nitrogens with two attached hydrogens (primary N) is 1. The van der Waals surface area contributed by atoms with Crippen LogP contribution in [0.5, 0.6) is 0 Å². The SMILES string of the molecule is NC(=O)[C@H]1CCCCN1C(=O)COC(=O)c1cccc(Br)c1. The highest BCUT2D eigenvalue weighted by Gasteiger charge is 2.31. The van der Waals surface area contributed by atoms with Crippen molar-refractivity contribution >= 4 is 33.7 Å². The summed E-state index contributed by atoms with van der Waals surface area (Å²) in [6.45, 7) is 0.0655. The van der Waals surface area contributed by atoms with Crippen molar-refractivity contribution in [1.29, 1.82) is 0 Å². The summed E-state index contributed by atoms with van der Waals surface area (Å²) < 4.78 is 5.77. The molecule has 7 heteroatoms. The smallest absolute Gasteiger partial charge is 0.338 e. The third-order valence-corrected chi connectivity index (χ3v) is 4.03. The van der Waals surface area contributed by atoms with Gasteiger partial charge in [-0.05, 0) is 37.5 Å². The Morgan fingerprint density at radius 2 is 2.09 bits per heavy atom. The summed E-state index contributed by atoms with van der Waals surface area (Å²) in [5.74, 6) is -1.50. The molecule has 1 aliphatic heterocycles. The molecule has 6 nitrogen and oxygen atoms in total. The van der Waals surface area contributed by atoms with Gasteiger partial charge in [0.25, 0.3) is 5.91 Å². The van der Waals surface area contributed by atoms with Gasteiger partial charge >= 0.3 is 5.97 Å². The largest absolute Gasteiger partial charge is 0.452 e. The number of rotatable bonds is 4. The number of likely N-dealkylation sites (tertiary alicyclic amines) is 1. The maximum absolute atomic E-state index is 12.1. The number of benzene rings is 1. The molecule has 1 aromatic carbocycles. The van der Waals surface area contributed by atoms with Crippen LogP contribution in [-0.2, 0) is 14.3 Å². The summed E-state index contributed by atoms with van der Waals surface area (Å²) >= 11 is 3.26. The predicted molar refractivity (Wildman–Crippen MR) is 83.0 cm³/mol. The summed E-state index contributed by atoms with van der Waals surface area (Å²) in [5, 5.41) is 0. The van der Waals surface area contributed by atoms with Crippen molar-refractivity contribution in [2.75, 3.05) is 13.2 Å². The minimum atomic E-state index is -0.606. The minimum Gasteiger partial charge on any atom is -0.452 e. The van der Waals surface area contributed by atoms with Crippen LogP contribution in [0.2, 0.25) is 0 Å². The summed E-state index contributed by atoms with van der Waals surface area (Å²) in [7, 11) is 0. The molecule has 2 rings (SSSR count). The molecule has 1 atom stereocenters. The van der Waals surface area contributed by atoms with Crippen molar-refractivity contribution in [3.05, 3.63) is 34.3 Å². The molecule has 1 heterocycles. The molecule has 22 heavy (non-hydrogen) atoms. The number of halogens is 1. The van der Waals surface area contributed by atoms with Crippen molar-refractivity contribution in [2.45, 2.75) is 25.3 Å². The Balaban J connectivity index is 1.94. The maximum Gasteiger partial charge on any atom is 0.338 e. The number of hydrogen-bond donors (Lipinski definition) is 1. The number of ether oxygens (including phenoxy) is 1. The van der Waals surface area contributed by atoms with Crippen LogP contribution in [0.1, 0.15) is 29.6 Å². The van der Waals surface area contributed by atoms with Gasteiger partial charge in [-0.15, -0.1) is 0 Å². The van der Waals surface area contributed by atoms with E-state index in [0.717, 1.165) is 17.3 Å². The normalized spacial score (nSPS) is 17.9. The Morgan fingerprint density at radius 3 is 2.77 bits per heavy atom. The van der Waals surface area contributed by atoms with E-state index in [1.165, 1.54) is 4.90 Å². The molecule has 0 radical (unpaired) electrons. The summed E-state index contributed by atoms with van der Waals surface area (Å²) in [6, 6.07) is 6.10. The second-order valence-electron chi connectivity index (χ2n) is 5.09. The molecule has 0 bridgehead atoms. The Hall–Kier alpha value is -1.89. The monoisotopic (exact) mass is 368 g/mol. The number of piperidine rings is 1. The fraction of sp³-hybridized carbons (Fsp3) is 0.400. The third kappa shape index (κ3) is 4.07. The van der Waals surface area contributed by atoms with E-state index in [2.05, 4.69) is 15.9 Å². The van der Waals surface area contributed by atoms with Crippen molar-refractivity contribution < 1.29 is 19.1 Å². The van der Waals surface area contributed by atoms with Gasteiger partial charge in [0.1, 0.15) is 6.04 Å². The first-order valence-corrected chi connectivity index (χ1v) is 7.80. The number of amides is 2. The van der Waals surface area contributed by atoms with Crippen molar-refractivity contribution in [2.24, 2.45) is 5.73 Å². The highest BCUT2D eigenvalue weighted by Crippen LogP contribution is 2.17. The van der Waals surface area contributed by atoms with E-state index in [4.69, 9.17) is 10.5 Å². The van der Waals surface area contributed by atoms with Gasteiger partial charge in [-0.1, -0.05) is 22.0 Å². The van der Waals surface area contributed by atoms with Gasteiger partial charge in [-0.25, -0.2) is 4.79 Å². The van der Waals surface area contributed by atoms with Gasteiger partial charge in [0.2, 0.25) is 5.91 Å². The Bertz CT molecular complexity index is 591. The average Bonchev–Trinajstić information content (AvgIpc) is 2.52. The lowest BCUT2D eigenvalue weighted by Gasteiger charge is -2.33. The van der Waals surface area contributed by atoms with E-state index < -0.39 is 30.4 Å². The van der Waals surface area contributed by atoms with Gasteiger partial charge < -0.3 is 15.4 Å².